The summed E-state index contributed by atoms with van der Waals surface area (Å²) in [5.41, 5.74) is 7.18. The molecule has 0 aromatic heterocycles. The molecule has 1 saturated heterocycles. The Morgan fingerprint density at radius 3 is 2.95 bits per heavy atom. The quantitative estimate of drug-likeness (QED) is 0.817. The van der Waals surface area contributed by atoms with Crippen molar-refractivity contribution in [3.05, 3.63) is 29.8 Å². The van der Waals surface area contributed by atoms with E-state index in [0.717, 1.165) is 5.56 Å². The molecule has 19 heavy (non-hydrogen) atoms. The maximum atomic E-state index is 11.8. The van der Waals surface area contributed by atoms with Crippen molar-refractivity contribution in [2.24, 2.45) is 5.73 Å². The molecule has 1 atom stereocenters. The van der Waals surface area contributed by atoms with Gasteiger partial charge in [-0.25, -0.2) is 0 Å². The van der Waals surface area contributed by atoms with E-state index in [1.54, 1.807) is 6.07 Å². The number of hydrogen-bond donors (Lipinski definition) is 2. The van der Waals surface area contributed by atoms with Crippen molar-refractivity contribution >= 4 is 11.6 Å². The van der Waals surface area contributed by atoms with Gasteiger partial charge in [-0.2, -0.15) is 0 Å². The monoisotopic (exact) mass is 266 g/mol. The topological polar surface area (TPSA) is 82.8 Å². The van der Waals surface area contributed by atoms with Gasteiger partial charge in [-0.05, 0) is 12.1 Å². The van der Waals surface area contributed by atoms with Crippen LogP contribution in [0.3, 0.4) is 0 Å². The highest BCUT2D eigenvalue weighted by atomic mass is 16.7. The lowest BCUT2D eigenvalue weighted by atomic mass is 10.2. The highest BCUT2D eigenvalue weighted by Gasteiger charge is 2.19. The number of rotatable bonds is 5. The molecule has 0 aliphatic carbocycles. The van der Waals surface area contributed by atoms with Crippen molar-refractivity contribution < 1.29 is 19.0 Å². The number of nitrogens with one attached hydrogen (secondary N) is 1. The minimum Gasteiger partial charge on any atom is -0.383 e. The Labute approximate surface area is 111 Å². The van der Waals surface area contributed by atoms with Crippen LogP contribution in [-0.2, 0) is 19.0 Å². The summed E-state index contributed by atoms with van der Waals surface area (Å²) in [4.78, 5) is 11.8. The Hall–Kier alpha value is -1.47. The number of anilines is 1. The van der Waals surface area contributed by atoms with E-state index >= 15 is 0 Å². The molecule has 0 saturated carbocycles. The van der Waals surface area contributed by atoms with Gasteiger partial charge < -0.3 is 25.3 Å². The molecule has 2 rings (SSSR count). The molecule has 1 aliphatic rings. The van der Waals surface area contributed by atoms with Crippen molar-refractivity contribution in [2.45, 2.75) is 12.3 Å². The lowest BCUT2D eigenvalue weighted by Crippen LogP contribution is -2.39. The first kappa shape index (κ1) is 14.0. The molecule has 0 spiro atoms. The predicted octanol–water partition coefficient (Wildman–Crippen LogP) is 0.644. The molecule has 104 valence electrons. The molecule has 1 amide bonds. The number of carbonyl (C=O) groups is 1. The Kier molecular flexibility index (Phi) is 4.86. The molecule has 1 aromatic carbocycles. The molecule has 1 heterocycles. The first-order valence-corrected chi connectivity index (χ1v) is 6.09. The molecule has 1 unspecified atom stereocenters. The summed E-state index contributed by atoms with van der Waals surface area (Å²) in [6.45, 7) is 1.35. The van der Waals surface area contributed by atoms with Crippen LogP contribution < -0.4 is 11.1 Å². The maximum Gasteiger partial charge on any atom is 0.243 e. The number of amides is 1. The molecule has 1 aliphatic heterocycles. The number of benzene rings is 1. The van der Waals surface area contributed by atoms with Gasteiger partial charge >= 0.3 is 0 Å². The van der Waals surface area contributed by atoms with Crippen LogP contribution in [0.1, 0.15) is 11.9 Å². The number of hydrogen-bond acceptors (Lipinski definition) is 5. The Bertz CT molecular complexity index is 432. The highest BCUT2D eigenvalue weighted by Crippen LogP contribution is 2.25. The second-order valence-electron chi connectivity index (χ2n) is 4.25. The smallest absolute Gasteiger partial charge is 0.243 e. The van der Waals surface area contributed by atoms with Crippen molar-refractivity contribution in [3.8, 4) is 0 Å². The average molecular weight is 266 g/mol. The Morgan fingerprint density at radius 1 is 1.53 bits per heavy atom. The van der Waals surface area contributed by atoms with Gasteiger partial charge in [0.05, 0.1) is 19.8 Å². The minimum atomic E-state index is -0.687. The normalized spacial score (nSPS) is 17.4. The number of carbonyl (C=O) groups excluding carboxylic acids is 1. The summed E-state index contributed by atoms with van der Waals surface area (Å²) in [7, 11) is 1.50. The molecule has 0 radical (unpaired) electrons. The largest absolute Gasteiger partial charge is 0.383 e. The second kappa shape index (κ2) is 6.63. The fraction of sp³-hybridized carbons (Fsp3) is 0.462. The van der Waals surface area contributed by atoms with Gasteiger partial charge in [0.25, 0.3) is 0 Å². The summed E-state index contributed by atoms with van der Waals surface area (Å²) in [5.74, 6) is -0.285. The van der Waals surface area contributed by atoms with Crippen LogP contribution in [0.4, 0.5) is 5.69 Å². The molecule has 1 aromatic rings. The van der Waals surface area contributed by atoms with Gasteiger partial charge in [0.1, 0.15) is 6.04 Å². The van der Waals surface area contributed by atoms with Crippen molar-refractivity contribution in [1.29, 1.82) is 0 Å². The maximum absolute atomic E-state index is 11.8. The SMILES string of the molecule is COCC(N)C(=O)Nc1cccc(C2OCCO2)c1. The summed E-state index contributed by atoms with van der Waals surface area (Å²) in [6.07, 6.45) is -0.357. The van der Waals surface area contributed by atoms with Crippen LogP contribution in [0, 0.1) is 0 Å². The van der Waals surface area contributed by atoms with Gasteiger partial charge in [-0.1, -0.05) is 12.1 Å². The van der Waals surface area contributed by atoms with Crippen molar-refractivity contribution in [3.63, 3.8) is 0 Å². The molecule has 1 fully saturated rings. The van der Waals surface area contributed by atoms with Crippen LogP contribution >= 0.6 is 0 Å². The summed E-state index contributed by atoms with van der Waals surface area (Å²) >= 11 is 0. The highest BCUT2D eigenvalue weighted by molar-refractivity contribution is 5.94. The van der Waals surface area contributed by atoms with Crippen LogP contribution in [0.15, 0.2) is 24.3 Å². The van der Waals surface area contributed by atoms with E-state index in [9.17, 15) is 4.79 Å². The fourth-order valence-electron chi connectivity index (χ4n) is 1.80. The van der Waals surface area contributed by atoms with Gasteiger partial charge in [0.2, 0.25) is 5.91 Å². The standard InChI is InChI=1S/C13H18N2O4/c1-17-8-11(14)12(16)15-10-4-2-3-9(7-10)13-18-5-6-19-13/h2-4,7,11,13H,5-6,8,14H2,1H3,(H,15,16). The third-order valence-electron chi connectivity index (χ3n) is 2.73. The number of methoxy groups -OCH3 is 1. The second-order valence-corrected chi connectivity index (χ2v) is 4.25. The molecule has 6 nitrogen and oxygen atoms in total. The molecule has 6 heteroatoms. The number of nitrogens with two attached hydrogens (primary N) is 1. The fourth-order valence-corrected chi connectivity index (χ4v) is 1.80. The van der Waals surface area contributed by atoms with Crippen molar-refractivity contribution in [2.75, 3.05) is 32.2 Å². The summed E-state index contributed by atoms with van der Waals surface area (Å²) in [5, 5.41) is 2.74. The zero-order valence-corrected chi connectivity index (χ0v) is 10.8. The van der Waals surface area contributed by atoms with E-state index in [1.165, 1.54) is 7.11 Å². The van der Waals surface area contributed by atoms with Crippen LogP contribution in [-0.4, -0.2) is 38.9 Å². The van der Waals surface area contributed by atoms with E-state index < -0.39 is 6.04 Å². The van der Waals surface area contributed by atoms with Gasteiger partial charge in [0, 0.05) is 18.4 Å². The van der Waals surface area contributed by atoms with Gasteiger partial charge in [0.15, 0.2) is 6.29 Å². The summed E-state index contributed by atoms with van der Waals surface area (Å²) < 4.78 is 15.7. The van der Waals surface area contributed by atoms with E-state index in [1.807, 2.05) is 18.2 Å². The average Bonchev–Trinajstić information content (AvgIpc) is 2.93. The third-order valence-corrected chi connectivity index (χ3v) is 2.73. The predicted molar refractivity (Wildman–Crippen MR) is 69.6 cm³/mol. The van der Waals surface area contributed by atoms with E-state index in [-0.39, 0.29) is 18.8 Å². The minimum absolute atomic E-state index is 0.181. The van der Waals surface area contributed by atoms with Crippen LogP contribution in [0.5, 0.6) is 0 Å². The third kappa shape index (κ3) is 3.74. The Morgan fingerprint density at radius 2 is 2.26 bits per heavy atom. The van der Waals surface area contributed by atoms with E-state index in [0.29, 0.717) is 18.9 Å². The first-order chi connectivity index (χ1) is 9.20. The van der Waals surface area contributed by atoms with E-state index in [4.69, 9.17) is 19.9 Å². The zero-order chi connectivity index (χ0) is 13.7. The molecule has 0 bridgehead atoms. The molecular formula is C13H18N2O4. The lowest BCUT2D eigenvalue weighted by molar-refractivity contribution is -0.118. The lowest BCUT2D eigenvalue weighted by Gasteiger charge is -2.13. The van der Waals surface area contributed by atoms with E-state index in [2.05, 4.69) is 5.32 Å². The Balaban J connectivity index is 2.00. The van der Waals surface area contributed by atoms with Crippen molar-refractivity contribution in [1.82, 2.24) is 0 Å². The first-order valence-electron chi connectivity index (χ1n) is 6.09. The zero-order valence-electron chi connectivity index (χ0n) is 10.8. The molecule has 3 N–H and O–H groups in total. The number of ether oxygens (including phenoxy) is 3. The molecular weight excluding hydrogens is 248 g/mol. The summed E-state index contributed by atoms with van der Waals surface area (Å²) in [6, 6.07) is 6.63. The van der Waals surface area contributed by atoms with Gasteiger partial charge in [-0.15, -0.1) is 0 Å². The van der Waals surface area contributed by atoms with Gasteiger partial charge in [-0.3, -0.25) is 4.79 Å². The van der Waals surface area contributed by atoms with Crippen LogP contribution in [0.2, 0.25) is 0 Å². The van der Waals surface area contributed by atoms with Crippen LogP contribution in [0.25, 0.3) is 0 Å².